The number of amides is 1. The fourth-order valence-corrected chi connectivity index (χ4v) is 4.51. The molecule has 21 heavy (non-hydrogen) atoms. The van der Waals surface area contributed by atoms with E-state index in [9.17, 15) is 13.2 Å². The van der Waals surface area contributed by atoms with Crippen LogP contribution in [0.2, 0.25) is 0 Å². The zero-order valence-electron chi connectivity index (χ0n) is 12.3. The third-order valence-corrected chi connectivity index (χ3v) is 5.59. The molecule has 0 fully saturated rings. The molecule has 0 atom stereocenters. The van der Waals surface area contributed by atoms with Gasteiger partial charge < -0.3 is 4.90 Å². The van der Waals surface area contributed by atoms with Crippen LogP contribution in [0.3, 0.4) is 0 Å². The van der Waals surface area contributed by atoms with Gasteiger partial charge in [-0.2, -0.15) is 0 Å². The highest BCUT2D eigenvalue weighted by Gasteiger charge is 2.31. The van der Waals surface area contributed by atoms with Gasteiger partial charge in [-0.3, -0.25) is 4.79 Å². The molecule has 2 heterocycles. The molecule has 5 nitrogen and oxygen atoms in total. The van der Waals surface area contributed by atoms with Crippen LogP contribution in [0.15, 0.2) is 17.0 Å². The molecule has 1 N–H and O–H groups in total. The van der Waals surface area contributed by atoms with E-state index in [1.165, 1.54) is 0 Å². The Morgan fingerprint density at radius 3 is 2.48 bits per heavy atom. The van der Waals surface area contributed by atoms with Crippen LogP contribution in [-0.2, 0) is 27.7 Å². The van der Waals surface area contributed by atoms with Crippen molar-refractivity contribution in [1.82, 2.24) is 4.72 Å². The van der Waals surface area contributed by atoms with Gasteiger partial charge in [0.15, 0.2) is 0 Å². The molecule has 1 aromatic carbocycles. The Balaban J connectivity index is 2.10. The predicted octanol–water partition coefficient (Wildman–Crippen LogP) is 1.60. The summed E-state index contributed by atoms with van der Waals surface area (Å²) >= 11 is 0. The Morgan fingerprint density at radius 1 is 1.14 bits per heavy atom. The minimum Gasteiger partial charge on any atom is -0.312 e. The lowest BCUT2D eigenvalue weighted by molar-refractivity contribution is -0.119. The Morgan fingerprint density at radius 2 is 1.81 bits per heavy atom. The molecule has 0 unspecified atom stereocenters. The van der Waals surface area contributed by atoms with E-state index in [-0.39, 0.29) is 11.9 Å². The van der Waals surface area contributed by atoms with Gasteiger partial charge in [-0.05, 0) is 56.4 Å². The van der Waals surface area contributed by atoms with E-state index < -0.39 is 10.0 Å². The summed E-state index contributed by atoms with van der Waals surface area (Å²) in [7, 11) is -3.49. The molecule has 2 aliphatic heterocycles. The first-order valence-corrected chi connectivity index (χ1v) is 8.85. The van der Waals surface area contributed by atoms with Crippen LogP contribution in [0.25, 0.3) is 0 Å². The number of anilines is 1. The summed E-state index contributed by atoms with van der Waals surface area (Å²) in [4.78, 5) is 14.1. The maximum absolute atomic E-state index is 12.4. The van der Waals surface area contributed by atoms with E-state index in [2.05, 4.69) is 4.72 Å². The number of sulfonamides is 1. The first-order chi connectivity index (χ1) is 9.88. The Kier molecular flexibility index (Phi) is 3.53. The second-order valence-corrected chi connectivity index (χ2v) is 7.73. The SMILES string of the molecule is CC(C)NS(=O)(=O)c1cc2c3c(c1)CCC(=O)N3CCC2. The van der Waals surface area contributed by atoms with Crippen LogP contribution in [0.4, 0.5) is 5.69 Å². The van der Waals surface area contributed by atoms with Crippen molar-refractivity contribution in [3.8, 4) is 0 Å². The standard InChI is InChI=1S/C15H20N2O3S/c1-10(2)16-21(19,20)13-8-11-4-3-7-17-14(18)6-5-12(9-13)15(11)17/h8-10,16H,3-7H2,1-2H3. The zero-order valence-corrected chi connectivity index (χ0v) is 13.2. The Labute approximate surface area is 125 Å². The van der Waals surface area contributed by atoms with Crippen molar-refractivity contribution in [2.45, 2.75) is 50.5 Å². The van der Waals surface area contributed by atoms with E-state index in [1.54, 1.807) is 26.0 Å². The smallest absolute Gasteiger partial charge is 0.240 e. The summed E-state index contributed by atoms with van der Waals surface area (Å²) in [5.41, 5.74) is 2.92. The second-order valence-electron chi connectivity index (χ2n) is 6.02. The fourth-order valence-electron chi connectivity index (χ4n) is 3.15. The number of carbonyl (C=O) groups is 1. The van der Waals surface area contributed by atoms with Crippen LogP contribution in [0, 0.1) is 0 Å². The number of hydrogen-bond donors (Lipinski definition) is 1. The summed E-state index contributed by atoms with van der Waals surface area (Å²) < 4.78 is 27.4. The van der Waals surface area contributed by atoms with Crippen molar-refractivity contribution in [3.05, 3.63) is 23.3 Å². The van der Waals surface area contributed by atoms with Gasteiger partial charge in [-0.1, -0.05) is 0 Å². The molecule has 6 heteroatoms. The molecule has 0 aromatic heterocycles. The van der Waals surface area contributed by atoms with Gasteiger partial charge in [0, 0.05) is 19.0 Å². The summed E-state index contributed by atoms with van der Waals surface area (Å²) in [5, 5.41) is 0. The lowest BCUT2D eigenvalue weighted by Crippen LogP contribution is -2.39. The minimum atomic E-state index is -3.49. The van der Waals surface area contributed by atoms with E-state index >= 15 is 0 Å². The maximum Gasteiger partial charge on any atom is 0.240 e. The van der Waals surface area contributed by atoms with Crippen molar-refractivity contribution in [2.75, 3.05) is 11.4 Å². The normalized spacial score (nSPS) is 18.0. The van der Waals surface area contributed by atoms with Gasteiger partial charge in [0.05, 0.1) is 10.6 Å². The van der Waals surface area contributed by atoms with Gasteiger partial charge in [0.1, 0.15) is 0 Å². The average molecular weight is 308 g/mol. The molecule has 0 saturated heterocycles. The number of aryl methyl sites for hydroxylation is 2. The number of hydrogen-bond acceptors (Lipinski definition) is 3. The van der Waals surface area contributed by atoms with Crippen molar-refractivity contribution >= 4 is 21.6 Å². The van der Waals surface area contributed by atoms with E-state index in [1.807, 2.05) is 4.90 Å². The summed E-state index contributed by atoms with van der Waals surface area (Å²) in [6, 6.07) is 3.32. The lowest BCUT2D eigenvalue weighted by Gasteiger charge is -2.35. The zero-order chi connectivity index (χ0) is 15.2. The van der Waals surface area contributed by atoms with E-state index in [0.29, 0.717) is 17.7 Å². The van der Waals surface area contributed by atoms with Crippen molar-refractivity contribution in [1.29, 1.82) is 0 Å². The molecular formula is C15H20N2O3S. The highest BCUT2D eigenvalue weighted by molar-refractivity contribution is 7.89. The molecular weight excluding hydrogens is 288 g/mol. The molecule has 2 aliphatic rings. The quantitative estimate of drug-likeness (QED) is 0.922. The first kappa shape index (κ1) is 14.5. The van der Waals surface area contributed by atoms with Crippen LogP contribution in [-0.4, -0.2) is 26.9 Å². The van der Waals surface area contributed by atoms with Gasteiger partial charge in [-0.25, -0.2) is 13.1 Å². The highest BCUT2D eigenvalue weighted by atomic mass is 32.2. The Hall–Kier alpha value is -1.40. The summed E-state index contributed by atoms with van der Waals surface area (Å²) in [6.07, 6.45) is 2.81. The van der Waals surface area contributed by atoms with Crippen molar-refractivity contribution in [2.24, 2.45) is 0 Å². The molecule has 0 radical (unpaired) electrons. The van der Waals surface area contributed by atoms with Crippen LogP contribution < -0.4 is 9.62 Å². The summed E-state index contributed by atoms with van der Waals surface area (Å²) in [6.45, 7) is 4.36. The molecule has 1 aromatic rings. The summed E-state index contributed by atoms with van der Waals surface area (Å²) in [5.74, 6) is 0.152. The monoisotopic (exact) mass is 308 g/mol. The second kappa shape index (κ2) is 5.10. The Bertz CT molecular complexity index is 678. The third kappa shape index (κ3) is 2.58. The fraction of sp³-hybridized carbons (Fsp3) is 0.533. The van der Waals surface area contributed by atoms with E-state index in [4.69, 9.17) is 0 Å². The number of benzene rings is 1. The molecule has 0 spiro atoms. The van der Waals surface area contributed by atoms with Crippen LogP contribution in [0.5, 0.6) is 0 Å². The number of carbonyl (C=O) groups excluding carboxylic acids is 1. The molecule has 3 rings (SSSR count). The minimum absolute atomic E-state index is 0.138. The van der Waals surface area contributed by atoms with Crippen molar-refractivity contribution in [3.63, 3.8) is 0 Å². The van der Waals surface area contributed by atoms with Gasteiger partial charge in [0.25, 0.3) is 0 Å². The average Bonchev–Trinajstić information content (AvgIpc) is 2.41. The van der Waals surface area contributed by atoms with Gasteiger partial charge >= 0.3 is 0 Å². The van der Waals surface area contributed by atoms with Crippen molar-refractivity contribution < 1.29 is 13.2 Å². The molecule has 0 bridgehead atoms. The first-order valence-electron chi connectivity index (χ1n) is 7.37. The highest BCUT2D eigenvalue weighted by Crippen LogP contribution is 2.37. The predicted molar refractivity (Wildman–Crippen MR) is 80.9 cm³/mol. The number of nitrogens with one attached hydrogen (secondary N) is 1. The lowest BCUT2D eigenvalue weighted by atomic mass is 9.92. The van der Waals surface area contributed by atoms with E-state index in [0.717, 1.165) is 36.2 Å². The van der Waals surface area contributed by atoms with Crippen LogP contribution in [0.1, 0.15) is 37.8 Å². The molecule has 114 valence electrons. The molecule has 0 aliphatic carbocycles. The number of rotatable bonds is 3. The third-order valence-electron chi connectivity index (χ3n) is 3.95. The van der Waals surface area contributed by atoms with Gasteiger partial charge in [-0.15, -0.1) is 0 Å². The van der Waals surface area contributed by atoms with Crippen LogP contribution >= 0.6 is 0 Å². The van der Waals surface area contributed by atoms with Gasteiger partial charge in [0.2, 0.25) is 15.9 Å². The maximum atomic E-state index is 12.4. The topological polar surface area (TPSA) is 66.5 Å². The molecule has 0 saturated carbocycles. The number of nitrogens with zero attached hydrogens (tertiary/aromatic N) is 1. The molecule has 1 amide bonds. The largest absolute Gasteiger partial charge is 0.312 e.